The molecule has 0 aliphatic rings. The molecule has 0 radical (unpaired) electrons. The van der Waals surface area contributed by atoms with Crippen LogP contribution in [0.4, 0.5) is 23.9 Å². The molecular formula is C21H26F3N3O3. The number of amides is 1. The predicted octanol–water partition coefficient (Wildman–Crippen LogP) is 5.79. The molecule has 0 spiro atoms. The van der Waals surface area contributed by atoms with Gasteiger partial charge in [0.1, 0.15) is 5.75 Å². The summed E-state index contributed by atoms with van der Waals surface area (Å²) in [6, 6.07) is 5.23. The van der Waals surface area contributed by atoms with Gasteiger partial charge in [-0.2, -0.15) is 13.2 Å². The molecule has 1 atom stereocenters. The van der Waals surface area contributed by atoms with Crippen LogP contribution >= 0.6 is 0 Å². The zero-order valence-electron chi connectivity index (χ0n) is 17.4. The van der Waals surface area contributed by atoms with Crippen molar-refractivity contribution in [2.75, 3.05) is 18.5 Å². The predicted molar refractivity (Wildman–Crippen MR) is 107 cm³/mol. The molecule has 6 nitrogen and oxygen atoms in total. The van der Waals surface area contributed by atoms with E-state index in [9.17, 15) is 18.0 Å². The van der Waals surface area contributed by atoms with Crippen LogP contribution in [-0.4, -0.2) is 29.3 Å². The molecule has 0 fully saturated rings. The summed E-state index contributed by atoms with van der Waals surface area (Å²) in [5, 5.41) is 2.33. The average molecular weight is 425 g/mol. The number of hydrogen-bond acceptors (Lipinski definition) is 5. The van der Waals surface area contributed by atoms with Gasteiger partial charge in [-0.3, -0.25) is 5.32 Å². The normalized spacial score (nSPS) is 12.5. The third kappa shape index (κ3) is 6.89. The van der Waals surface area contributed by atoms with Crippen molar-refractivity contribution < 1.29 is 27.4 Å². The highest BCUT2D eigenvalue weighted by Gasteiger charge is 2.35. The molecule has 1 N–H and O–H groups in total. The van der Waals surface area contributed by atoms with E-state index in [0.717, 1.165) is 12.5 Å². The van der Waals surface area contributed by atoms with Crippen molar-refractivity contribution in [3.8, 4) is 17.0 Å². The number of nitrogens with one attached hydrogen (secondary N) is 1. The number of anilines is 1. The molecule has 164 valence electrons. The minimum atomic E-state index is -4.59. The van der Waals surface area contributed by atoms with Gasteiger partial charge in [-0.05, 0) is 49.4 Å². The number of hydrogen-bond donors (Lipinski definition) is 1. The van der Waals surface area contributed by atoms with Gasteiger partial charge in [-0.15, -0.1) is 0 Å². The summed E-state index contributed by atoms with van der Waals surface area (Å²) in [6.07, 6.45) is -3.14. The van der Waals surface area contributed by atoms with Gasteiger partial charge in [0.05, 0.1) is 24.5 Å². The van der Waals surface area contributed by atoms with E-state index in [1.807, 2.05) is 6.92 Å². The van der Waals surface area contributed by atoms with Gasteiger partial charge in [-0.25, -0.2) is 14.8 Å². The number of rotatable bonds is 8. The number of halogens is 3. The Bertz CT molecular complexity index is 857. The van der Waals surface area contributed by atoms with Crippen LogP contribution in [0.3, 0.4) is 0 Å². The maximum atomic E-state index is 13.6. The van der Waals surface area contributed by atoms with E-state index in [-0.39, 0.29) is 42.1 Å². The molecule has 0 saturated heterocycles. The highest BCUT2D eigenvalue weighted by molar-refractivity contribution is 5.82. The van der Waals surface area contributed by atoms with Gasteiger partial charge in [0.15, 0.2) is 0 Å². The molecule has 2 aromatic rings. The summed E-state index contributed by atoms with van der Waals surface area (Å²) >= 11 is 0. The topological polar surface area (TPSA) is 73.3 Å². The first-order valence-electron chi connectivity index (χ1n) is 9.71. The molecule has 1 heterocycles. The van der Waals surface area contributed by atoms with Gasteiger partial charge in [0, 0.05) is 11.8 Å². The molecule has 0 aliphatic heterocycles. The molecule has 0 bridgehead atoms. The van der Waals surface area contributed by atoms with Crippen molar-refractivity contribution >= 4 is 12.0 Å². The van der Waals surface area contributed by atoms with E-state index >= 15 is 0 Å². The maximum absolute atomic E-state index is 13.6. The molecule has 0 saturated carbocycles. The molecule has 1 aromatic carbocycles. The zero-order valence-corrected chi connectivity index (χ0v) is 17.4. The van der Waals surface area contributed by atoms with Crippen molar-refractivity contribution in [1.29, 1.82) is 0 Å². The van der Waals surface area contributed by atoms with Crippen molar-refractivity contribution in [3.05, 3.63) is 36.0 Å². The van der Waals surface area contributed by atoms with Crippen LogP contribution in [0.5, 0.6) is 5.75 Å². The van der Waals surface area contributed by atoms with Crippen LogP contribution in [0.15, 0.2) is 30.5 Å². The van der Waals surface area contributed by atoms with Crippen molar-refractivity contribution in [2.24, 2.45) is 11.8 Å². The lowest BCUT2D eigenvalue weighted by Gasteiger charge is -2.19. The number of carbonyl (C=O) groups excluding carboxylic acids is 1. The molecule has 2 rings (SSSR count). The third-order valence-corrected chi connectivity index (χ3v) is 4.12. The largest absolute Gasteiger partial charge is 0.493 e. The van der Waals surface area contributed by atoms with Gasteiger partial charge in [0.2, 0.25) is 5.95 Å². The summed E-state index contributed by atoms with van der Waals surface area (Å²) < 4.78 is 51.1. The average Bonchev–Trinajstić information content (AvgIpc) is 2.65. The molecular weight excluding hydrogens is 399 g/mol. The highest BCUT2D eigenvalue weighted by atomic mass is 19.4. The second kappa shape index (κ2) is 10.3. The first kappa shape index (κ1) is 23.4. The maximum Gasteiger partial charge on any atom is 0.419 e. The van der Waals surface area contributed by atoms with E-state index < -0.39 is 17.8 Å². The quantitative estimate of drug-likeness (QED) is 0.579. The van der Waals surface area contributed by atoms with Crippen molar-refractivity contribution in [3.63, 3.8) is 0 Å². The Kier molecular flexibility index (Phi) is 8.02. The first-order valence-corrected chi connectivity index (χ1v) is 9.71. The Morgan fingerprint density at radius 3 is 2.57 bits per heavy atom. The Hall–Kier alpha value is -2.84. The van der Waals surface area contributed by atoms with Gasteiger partial charge in [-0.1, -0.05) is 20.8 Å². The summed E-state index contributed by atoms with van der Waals surface area (Å²) in [5.41, 5.74) is -0.434. The fourth-order valence-corrected chi connectivity index (χ4v) is 2.98. The zero-order chi connectivity index (χ0) is 22.3. The van der Waals surface area contributed by atoms with Crippen LogP contribution in [0.2, 0.25) is 0 Å². The molecule has 30 heavy (non-hydrogen) atoms. The van der Waals surface area contributed by atoms with E-state index in [0.29, 0.717) is 5.92 Å². The molecule has 0 aliphatic carbocycles. The molecule has 9 heteroatoms. The monoisotopic (exact) mass is 425 g/mol. The van der Waals surface area contributed by atoms with E-state index in [4.69, 9.17) is 9.47 Å². The fraction of sp³-hybridized carbons (Fsp3) is 0.476. The van der Waals surface area contributed by atoms with Gasteiger partial charge < -0.3 is 9.47 Å². The Morgan fingerprint density at radius 1 is 1.20 bits per heavy atom. The molecule has 1 amide bonds. The number of benzene rings is 1. The number of nitrogens with zero attached hydrogens (tertiary/aromatic N) is 2. The highest BCUT2D eigenvalue weighted by Crippen LogP contribution is 2.39. The molecule has 0 unspecified atom stereocenters. The Balaban J connectivity index is 2.27. The second-order valence-electron chi connectivity index (χ2n) is 7.37. The number of ether oxygens (including phenoxy) is 2. The fourth-order valence-electron chi connectivity index (χ4n) is 2.98. The van der Waals surface area contributed by atoms with Crippen molar-refractivity contribution in [1.82, 2.24) is 9.97 Å². The van der Waals surface area contributed by atoms with Crippen LogP contribution in [0, 0.1) is 11.8 Å². The lowest BCUT2D eigenvalue weighted by atomic mass is 10.00. The SMILES string of the molecule is CCOC(=O)Nc1nccc(-c2ccc(OC[C@H](C)CC(C)C)c(C(F)(F)F)c2)n1. The van der Waals surface area contributed by atoms with Crippen molar-refractivity contribution in [2.45, 2.75) is 40.3 Å². The van der Waals surface area contributed by atoms with E-state index in [1.165, 1.54) is 24.4 Å². The van der Waals surface area contributed by atoms with E-state index in [2.05, 4.69) is 29.1 Å². The van der Waals surface area contributed by atoms with Crippen LogP contribution < -0.4 is 10.1 Å². The van der Waals surface area contributed by atoms with Crippen LogP contribution in [0.25, 0.3) is 11.3 Å². The standard InChI is InChI=1S/C21H26F3N3O3/c1-5-29-20(28)27-19-25-9-8-17(26-19)15-6-7-18(16(11-15)21(22,23)24)30-12-14(4)10-13(2)3/h6-9,11,13-14H,5,10,12H2,1-4H3,(H,25,26,27,28)/t14-/m1/s1. The third-order valence-electron chi connectivity index (χ3n) is 4.12. The lowest BCUT2D eigenvalue weighted by molar-refractivity contribution is -0.139. The minimum absolute atomic E-state index is 0.0673. The summed E-state index contributed by atoms with van der Waals surface area (Å²) in [4.78, 5) is 19.5. The van der Waals surface area contributed by atoms with Gasteiger partial charge >= 0.3 is 12.3 Å². The second-order valence-corrected chi connectivity index (χ2v) is 7.37. The summed E-state index contributed by atoms with van der Waals surface area (Å²) in [7, 11) is 0. The van der Waals surface area contributed by atoms with Crippen LogP contribution in [-0.2, 0) is 10.9 Å². The summed E-state index contributed by atoms with van der Waals surface area (Å²) in [6.45, 7) is 8.06. The first-order chi connectivity index (χ1) is 14.1. The van der Waals surface area contributed by atoms with E-state index in [1.54, 1.807) is 6.92 Å². The number of aromatic nitrogens is 2. The van der Waals surface area contributed by atoms with Gasteiger partial charge in [0.25, 0.3) is 0 Å². The Labute approximate surface area is 173 Å². The summed E-state index contributed by atoms with van der Waals surface area (Å²) in [5.74, 6) is 0.274. The smallest absolute Gasteiger partial charge is 0.419 e. The lowest BCUT2D eigenvalue weighted by Crippen LogP contribution is -2.15. The Morgan fingerprint density at radius 2 is 1.93 bits per heavy atom. The van der Waals surface area contributed by atoms with Crippen LogP contribution in [0.1, 0.15) is 39.7 Å². The molecule has 1 aromatic heterocycles. The number of carbonyl (C=O) groups is 1. The number of alkyl halides is 3. The minimum Gasteiger partial charge on any atom is -0.493 e.